The zero-order valence-electron chi connectivity index (χ0n) is 10.4. The van der Waals surface area contributed by atoms with Crippen LogP contribution in [-0.4, -0.2) is 34.8 Å². The average Bonchev–Trinajstić information content (AvgIpc) is 2.23. The Morgan fingerprint density at radius 2 is 2.06 bits per heavy atom. The number of nitrogens with zero attached hydrogens (tertiary/aromatic N) is 1. The lowest BCUT2D eigenvalue weighted by Gasteiger charge is -2.43. The Kier molecular flexibility index (Phi) is 3.73. The van der Waals surface area contributed by atoms with E-state index in [4.69, 9.17) is 0 Å². The minimum absolute atomic E-state index is 0.00481. The van der Waals surface area contributed by atoms with Crippen molar-refractivity contribution >= 4 is 11.8 Å². The molecular weight excluding hydrogens is 204 g/mol. The van der Waals surface area contributed by atoms with Crippen molar-refractivity contribution in [3.8, 4) is 0 Å². The average molecular weight is 224 g/mol. The van der Waals surface area contributed by atoms with E-state index in [1.54, 1.807) is 18.7 Å². The number of piperazine rings is 1. The minimum Gasteiger partial charge on any atom is -0.342 e. The Morgan fingerprint density at radius 3 is 2.56 bits per heavy atom. The molecule has 0 spiro atoms. The van der Waals surface area contributed by atoms with Gasteiger partial charge < -0.3 is 10.2 Å². The Balaban J connectivity index is 2.96. The highest BCUT2D eigenvalue weighted by atomic mass is 16.2. The standard InChI is InChI=1S/C12H20N2O2/c1-5-7-8-14-10(15)9(6-2)13-11(16)12(14,3)4/h5,7,9H,6,8H2,1-4H3,(H,13,16)/b7-5+. The molecule has 4 nitrogen and oxygen atoms in total. The molecule has 1 unspecified atom stereocenters. The summed E-state index contributed by atoms with van der Waals surface area (Å²) in [5, 5.41) is 2.76. The van der Waals surface area contributed by atoms with E-state index in [2.05, 4.69) is 5.32 Å². The van der Waals surface area contributed by atoms with Crippen LogP contribution in [0.15, 0.2) is 12.2 Å². The highest BCUT2D eigenvalue weighted by Crippen LogP contribution is 2.21. The molecule has 16 heavy (non-hydrogen) atoms. The lowest BCUT2D eigenvalue weighted by atomic mass is 9.95. The molecule has 0 aromatic heterocycles. The summed E-state index contributed by atoms with van der Waals surface area (Å²) >= 11 is 0. The molecule has 2 amide bonds. The maximum absolute atomic E-state index is 12.1. The molecular formula is C12H20N2O2. The lowest BCUT2D eigenvalue weighted by Crippen LogP contribution is -2.68. The number of hydrogen-bond acceptors (Lipinski definition) is 2. The van der Waals surface area contributed by atoms with Crippen molar-refractivity contribution in [3.63, 3.8) is 0 Å². The Labute approximate surface area is 96.7 Å². The van der Waals surface area contributed by atoms with Gasteiger partial charge in [-0.15, -0.1) is 0 Å². The summed E-state index contributed by atoms with van der Waals surface area (Å²) in [6.07, 6.45) is 4.41. The first kappa shape index (κ1) is 12.7. The van der Waals surface area contributed by atoms with E-state index in [9.17, 15) is 9.59 Å². The van der Waals surface area contributed by atoms with Crippen LogP contribution < -0.4 is 5.32 Å². The van der Waals surface area contributed by atoms with E-state index in [1.807, 2.05) is 26.0 Å². The fraction of sp³-hybridized carbons (Fsp3) is 0.667. The van der Waals surface area contributed by atoms with Crippen LogP contribution in [0.2, 0.25) is 0 Å². The first-order valence-electron chi connectivity index (χ1n) is 5.68. The second-order valence-electron chi connectivity index (χ2n) is 4.51. The molecule has 0 aromatic carbocycles. The summed E-state index contributed by atoms with van der Waals surface area (Å²) in [6.45, 7) is 7.84. The van der Waals surface area contributed by atoms with Crippen molar-refractivity contribution in [1.29, 1.82) is 0 Å². The van der Waals surface area contributed by atoms with Gasteiger partial charge in [-0.3, -0.25) is 9.59 Å². The van der Waals surface area contributed by atoms with Gasteiger partial charge in [0.1, 0.15) is 11.6 Å². The summed E-state index contributed by atoms with van der Waals surface area (Å²) < 4.78 is 0. The summed E-state index contributed by atoms with van der Waals surface area (Å²) in [7, 11) is 0. The minimum atomic E-state index is -0.762. The van der Waals surface area contributed by atoms with Crippen molar-refractivity contribution in [2.75, 3.05) is 6.54 Å². The number of hydrogen-bond donors (Lipinski definition) is 1. The second-order valence-corrected chi connectivity index (χ2v) is 4.51. The number of rotatable bonds is 3. The fourth-order valence-electron chi connectivity index (χ4n) is 1.79. The van der Waals surface area contributed by atoms with Crippen LogP contribution in [0, 0.1) is 0 Å². The molecule has 4 heteroatoms. The van der Waals surface area contributed by atoms with Gasteiger partial charge in [-0.05, 0) is 27.2 Å². The van der Waals surface area contributed by atoms with Gasteiger partial charge >= 0.3 is 0 Å². The van der Waals surface area contributed by atoms with Crippen LogP contribution in [0.5, 0.6) is 0 Å². The van der Waals surface area contributed by atoms with Crippen molar-refractivity contribution in [3.05, 3.63) is 12.2 Å². The molecule has 1 saturated heterocycles. The van der Waals surface area contributed by atoms with Crippen LogP contribution >= 0.6 is 0 Å². The SMILES string of the molecule is C/C=C/CN1C(=O)C(CC)NC(=O)C1(C)C. The van der Waals surface area contributed by atoms with E-state index in [0.717, 1.165) is 0 Å². The largest absolute Gasteiger partial charge is 0.342 e. The Bertz CT molecular complexity index is 321. The molecule has 0 aromatic rings. The molecule has 0 radical (unpaired) electrons. The Hall–Kier alpha value is -1.32. The zero-order chi connectivity index (χ0) is 12.3. The van der Waals surface area contributed by atoms with Gasteiger partial charge in [0, 0.05) is 6.54 Å². The van der Waals surface area contributed by atoms with Crippen molar-refractivity contribution < 1.29 is 9.59 Å². The van der Waals surface area contributed by atoms with Crippen LogP contribution in [0.3, 0.4) is 0 Å². The topological polar surface area (TPSA) is 49.4 Å². The van der Waals surface area contributed by atoms with Gasteiger partial charge in [-0.1, -0.05) is 19.1 Å². The van der Waals surface area contributed by atoms with Gasteiger partial charge in [0.15, 0.2) is 0 Å². The molecule has 1 N–H and O–H groups in total. The van der Waals surface area contributed by atoms with E-state index in [0.29, 0.717) is 13.0 Å². The van der Waals surface area contributed by atoms with Gasteiger partial charge in [0.05, 0.1) is 0 Å². The van der Waals surface area contributed by atoms with Crippen LogP contribution in [0.4, 0.5) is 0 Å². The van der Waals surface area contributed by atoms with Gasteiger partial charge in [-0.25, -0.2) is 0 Å². The molecule has 1 fully saturated rings. The molecule has 1 aliphatic rings. The Morgan fingerprint density at radius 1 is 1.44 bits per heavy atom. The third-order valence-corrected chi connectivity index (χ3v) is 3.03. The molecule has 1 atom stereocenters. The first-order chi connectivity index (χ1) is 7.45. The van der Waals surface area contributed by atoms with Gasteiger partial charge in [-0.2, -0.15) is 0 Å². The maximum atomic E-state index is 12.1. The predicted octanol–water partition coefficient (Wildman–Crippen LogP) is 1.08. The summed E-state index contributed by atoms with van der Waals surface area (Å²) in [4.78, 5) is 25.6. The van der Waals surface area contributed by atoms with E-state index >= 15 is 0 Å². The summed E-state index contributed by atoms with van der Waals surface area (Å²) in [6, 6.07) is -0.370. The molecule has 1 heterocycles. The second kappa shape index (κ2) is 4.68. The van der Waals surface area contributed by atoms with E-state index < -0.39 is 5.54 Å². The maximum Gasteiger partial charge on any atom is 0.246 e. The zero-order valence-corrected chi connectivity index (χ0v) is 10.4. The monoisotopic (exact) mass is 224 g/mol. The predicted molar refractivity (Wildman–Crippen MR) is 62.8 cm³/mol. The summed E-state index contributed by atoms with van der Waals surface area (Å²) in [5.41, 5.74) is -0.762. The molecule has 90 valence electrons. The number of carbonyl (C=O) groups is 2. The quantitative estimate of drug-likeness (QED) is 0.729. The number of nitrogens with one attached hydrogen (secondary N) is 1. The number of carbonyl (C=O) groups excluding carboxylic acids is 2. The lowest BCUT2D eigenvalue weighted by molar-refractivity contribution is -0.154. The number of amides is 2. The first-order valence-corrected chi connectivity index (χ1v) is 5.68. The van der Waals surface area contributed by atoms with Crippen LogP contribution in [0.1, 0.15) is 34.1 Å². The normalized spacial score (nSPS) is 25.0. The van der Waals surface area contributed by atoms with Gasteiger partial charge in [0.25, 0.3) is 0 Å². The molecule has 0 bridgehead atoms. The molecule has 0 saturated carbocycles. The molecule has 0 aliphatic carbocycles. The third kappa shape index (κ3) is 2.10. The summed E-state index contributed by atoms with van der Waals surface area (Å²) in [5.74, 6) is -0.0753. The van der Waals surface area contributed by atoms with Gasteiger partial charge in [0.2, 0.25) is 11.8 Å². The molecule has 1 aliphatic heterocycles. The highest BCUT2D eigenvalue weighted by molar-refractivity contribution is 5.99. The van der Waals surface area contributed by atoms with Crippen molar-refractivity contribution in [1.82, 2.24) is 10.2 Å². The third-order valence-electron chi connectivity index (χ3n) is 3.03. The van der Waals surface area contributed by atoms with Crippen LogP contribution in [0.25, 0.3) is 0 Å². The van der Waals surface area contributed by atoms with E-state index in [-0.39, 0.29) is 17.9 Å². The fourth-order valence-corrected chi connectivity index (χ4v) is 1.79. The highest BCUT2D eigenvalue weighted by Gasteiger charge is 2.44. The van der Waals surface area contributed by atoms with Crippen LogP contribution in [-0.2, 0) is 9.59 Å². The van der Waals surface area contributed by atoms with Crippen molar-refractivity contribution in [2.45, 2.75) is 45.7 Å². The van der Waals surface area contributed by atoms with E-state index in [1.165, 1.54) is 0 Å². The molecule has 1 rings (SSSR count). The number of allylic oxidation sites excluding steroid dienone is 1. The van der Waals surface area contributed by atoms with Crippen molar-refractivity contribution in [2.24, 2.45) is 0 Å². The smallest absolute Gasteiger partial charge is 0.246 e.